The second kappa shape index (κ2) is 7.20. The van der Waals surface area contributed by atoms with Crippen molar-refractivity contribution in [1.82, 2.24) is 9.55 Å². The van der Waals surface area contributed by atoms with Gasteiger partial charge < -0.3 is 0 Å². The number of thioether (sulfide) groups is 1. The number of nitrogens with zero attached hydrogens (tertiary/aromatic N) is 2. The minimum Gasteiger partial charge on any atom is -0.287 e. The Bertz CT molecular complexity index is 775. The first-order chi connectivity index (χ1) is 10.8. The molecule has 0 aliphatic rings. The number of rotatable bonds is 6. The normalized spacial score (nSPS) is 10.6. The second-order valence-electron chi connectivity index (χ2n) is 5.30. The number of carbonyl (C=O) groups is 1. The molecule has 5 heteroatoms. The van der Waals surface area contributed by atoms with Crippen molar-refractivity contribution in [3.8, 4) is 5.69 Å². The maximum atomic E-state index is 12.3. The van der Waals surface area contributed by atoms with Gasteiger partial charge in [-0.05, 0) is 48.4 Å². The van der Waals surface area contributed by atoms with Gasteiger partial charge in [0, 0.05) is 5.69 Å². The Balaban J connectivity index is 2.60. The molecule has 2 rings (SSSR count). The zero-order valence-corrected chi connectivity index (χ0v) is 15.1. The van der Waals surface area contributed by atoms with Crippen molar-refractivity contribution in [2.24, 2.45) is 0 Å². The van der Waals surface area contributed by atoms with Crippen molar-refractivity contribution in [3.63, 3.8) is 0 Å². The Morgan fingerprint density at radius 2 is 1.87 bits per heavy atom. The van der Waals surface area contributed by atoms with Crippen LogP contribution in [0.1, 0.15) is 36.8 Å². The lowest BCUT2D eigenvalue weighted by molar-refractivity contribution is 0.103. The molecule has 0 amide bonds. The summed E-state index contributed by atoms with van der Waals surface area (Å²) in [5.41, 5.74) is 2.73. The van der Waals surface area contributed by atoms with Crippen LogP contribution in [-0.4, -0.2) is 15.3 Å². The zero-order valence-electron chi connectivity index (χ0n) is 13.5. The molecule has 1 heterocycles. The van der Waals surface area contributed by atoms with E-state index in [4.69, 9.17) is 11.6 Å². The van der Waals surface area contributed by atoms with E-state index in [9.17, 15) is 4.79 Å². The van der Waals surface area contributed by atoms with Crippen LogP contribution in [0.3, 0.4) is 0 Å². The molecule has 2 aromatic rings. The summed E-state index contributed by atoms with van der Waals surface area (Å²) in [5.74, 6) is -0.248. The number of ketones is 1. The van der Waals surface area contributed by atoms with E-state index in [2.05, 4.69) is 25.1 Å². The molecule has 0 atom stereocenters. The van der Waals surface area contributed by atoms with Crippen molar-refractivity contribution in [1.29, 1.82) is 0 Å². The molecular formula is C18H19ClN2OS. The maximum Gasteiger partial charge on any atom is 0.209 e. The largest absolute Gasteiger partial charge is 0.287 e. The predicted molar refractivity (Wildman–Crippen MR) is 97.8 cm³/mol. The number of halogens is 1. The van der Waals surface area contributed by atoms with Crippen LogP contribution >= 0.6 is 23.4 Å². The smallest absolute Gasteiger partial charge is 0.209 e. The van der Waals surface area contributed by atoms with Gasteiger partial charge in [0.15, 0.2) is 5.16 Å². The summed E-state index contributed by atoms with van der Waals surface area (Å²) in [5, 5.41) is 0.919. The predicted octanol–water partition coefficient (Wildman–Crippen LogP) is 5.47. The van der Waals surface area contributed by atoms with Crippen LogP contribution in [0, 0.1) is 0 Å². The Kier molecular flexibility index (Phi) is 5.50. The maximum absolute atomic E-state index is 12.3. The fraction of sp³-hybridized carbons (Fsp3) is 0.222. The van der Waals surface area contributed by atoms with Gasteiger partial charge in [-0.15, -0.1) is 0 Å². The fourth-order valence-corrected chi connectivity index (χ4v) is 3.15. The molecule has 0 aliphatic carbocycles. The number of benzene rings is 1. The van der Waals surface area contributed by atoms with Gasteiger partial charge in [-0.25, -0.2) is 4.98 Å². The molecule has 0 saturated heterocycles. The van der Waals surface area contributed by atoms with Crippen LogP contribution in [-0.2, 0) is 6.42 Å². The molecule has 1 aromatic heterocycles. The van der Waals surface area contributed by atoms with Gasteiger partial charge in [-0.2, -0.15) is 0 Å². The summed E-state index contributed by atoms with van der Waals surface area (Å²) >= 11 is 7.84. The van der Waals surface area contributed by atoms with E-state index in [-0.39, 0.29) is 11.5 Å². The number of carbonyl (C=O) groups excluding carboxylic acids is 1. The first-order valence-electron chi connectivity index (χ1n) is 7.26. The van der Waals surface area contributed by atoms with Crippen LogP contribution in [0.4, 0.5) is 0 Å². The van der Waals surface area contributed by atoms with Crippen LogP contribution < -0.4 is 0 Å². The van der Waals surface area contributed by atoms with Crippen molar-refractivity contribution < 1.29 is 4.79 Å². The minimum atomic E-state index is -0.248. The zero-order chi connectivity index (χ0) is 17.1. The molecule has 0 N–H and O–H groups in total. The quantitative estimate of drug-likeness (QED) is 0.395. The van der Waals surface area contributed by atoms with Crippen LogP contribution in [0.15, 0.2) is 53.1 Å². The molecule has 0 radical (unpaired) electrons. The summed E-state index contributed by atoms with van der Waals surface area (Å²) in [6, 6.07) is 8.04. The Morgan fingerprint density at radius 3 is 2.35 bits per heavy atom. The number of aromatic nitrogens is 2. The third kappa shape index (κ3) is 3.77. The Labute approximate surface area is 146 Å². The summed E-state index contributed by atoms with van der Waals surface area (Å²) < 4.78 is 1.77. The number of Topliss-reactive ketones (excluding diaryl/α,β-unsaturated/α-hetero) is 1. The van der Waals surface area contributed by atoms with E-state index in [0.717, 1.165) is 17.0 Å². The highest BCUT2D eigenvalue weighted by atomic mass is 35.5. The highest BCUT2D eigenvalue weighted by molar-refractivity contribution is 8.02. The average molecular weight is 347 g/mol. The van der Waals surface area contributed by atoms with Gasteiger partial charge in [0.25, 0.3) is 0 Å². The lowest BCUT2D eigenvalue weighted by Crippen LogP contribution is -2.01. The summed E-state index contributed by atoms with van der Waals surface area (Å²) in [6.45, 7) is 13.2. The molecule has 0 bridgehead atoms. The van der Waals surface area contributed by atoms with Crippen molar-refractivity contribution in [2.45, 2.75) is 32.3 Å². The van der Waals surface area contributed by atoms with Gasteiger partial charge in [0.05, 0.1) is 0 Å². The van der Waals surface area contributed by atoms with Gasteiger partial charge in [0.2, 0.25) is 5.78 Å². The van der Waals surface area contributed by atoms with E-state index in [0.29, 0.717) is 15.9 Å². The molecule has 0 aliphatic heterocycles. The van der Waals surface area contributed by atoms with Gasteiger partial charge >= 0.3 is 0 Å². The highest BCUT2D eigenvalue weighted by Gasteiger charge is 2.23. The van der Waals surface area contributed by atoms with Crippen LogP contribution in [0.2, 0.25) is 5.15 Å². The standard InChI is InChI=1S/C18H19ClN2OS/c1-6-13-7-9-14(10-8-13)21-17(19)15(16(22)11(2)3)20-18(21)23-12(4)5/h7-10H,2,4,6H2,1,3,5H3. The molecule has 3 nitrogen and oxygen atoms in total. The lowest BCUT2D eigenvalue weighted by atomic mass is 10.1. The van der Waals surface area contributed by atoms with E-state index < -0.39 is 0 Å². The van der Waals surface area contributed by atoms with E-state index in [1.165, 1.54) is 17.3 Å². The summed E-state index contributed by atoms with van der Waals surface area (Å²) in [4.78, 5) is 17.5. The van der Waals surface area contributed by atoms with Crippen LogP contribution in [0.5, 0.6) is 0 Å². The van der Waals surface area contributed by atoms with Gasteiger partial charge in [0.1, 0.15) is 10.8 Å². The molecule has 0 fully saturated rings. The number of hydrogen-bond donors (Lipinski definition) is 0. The first kappa shape index (κ1) is 17.6. The molecule has 0 unspecified atom stereocenters. The summed E-state index contributed by atoms with van der Waals surface area (Å²) in [7, 11) is 0. The van der Waals surface area contributed by atoms with Crippen molar-refractivity contribution >= 4 is 29.1 Å². The topological polar surface area (TPSA) is 34.9 Å². The number of allylic oxidation sites excluding steroid dienone is 2. The van der Waals surface area contributed by atoms with Crippen molar-refractivity contribution in [3.05, 3.63) is 64.3 Å². The molecule has 23 heavy (non-hydrogen) atoms. The fourth-order valence-electron chi connectivity index (χ4n) is 2.06. The third-order valence-corrected chi connectivity index (χ3v) is 4.41. The lowest BCUT2D eigenvalue weighted by Gasteiger charge is -2.09. The van der Waals surface area contributed by atoms with E-state index >= 15 is 0 Å². The number of imidazole rings is 1. The number of aryl methyl sites for hydroxylation is 1. The SMILES string of the molecule is C=C(C)Sc1nc(C(=O)C(=C)C)c(Cl)n1-c1ccc(CC)cc1. The van der Waals surface area contributed by atoms with Gasteiger partial charge in [-0.3, -0.25) is 9.36 Å². The first-order valence-corrected chi connectivity index (χ1v) is 8.45. The van der Waals surface area contributed by atoms with E-state index in [1.54, 1.807) is 11.5 Å². The molecule has 0 saturated carbocycles. The monoisotopic (exact) mass is 346 g/mol. The molecule has 0 spiro atoms. The van der Waals surface area contributed by atoms with Crippen molar-refractivity contribution in [2.75, 3.05) is 0 Å². The van der Waals surface area contributed by atoms with Crippen LogP contribution in [0.25, 0.3) is 5.69 Å². The Morgan fingerprint density at radius 1 is 1.26 bits per heavy atom. The Hall–Kier alpha value is -1.78. The molecular weight excluding hydrogens is 328 g/mol. The average Bonchev–Trinajstić information content (AvgIpc) is 2.82. The third-order valence-electron chi connectivity index (χ3n) is 3.26. The highest BCUT2D eigenvalue weighted by Crippen LogP contribution is 2.33. The minimum absolute atomic E-state index is 0.225. The second-order valence-corrected chi connectivity index (χ2v) is 6.93. The molecule has 1 aromatic carbocycles. The number of hydrogen-bond acceptors (Lipinski definition) is 3. The van der Waals surface area contributed by atoms with Gasteiger partial charge in [-0.1, -0.05) is 55.6 Å². The molecule has 120 valence electrons. The summed E-state index contributed by atoms with van der Waals surface area (Å²) in [6.07, 6.45) is 0.963. The van der Waals surface area contributed by atoms with E-state index in [1.807, 2.05) is 31.2 Å².